The fraction of sp³-hybridized carbons (Fsp3) is 1.00. The Hall–Kier alpha value is 0.650. The summed E-state index contributed by atoms with van der Waals surface area (Å²) < 4.78 is 2.32. The highest BCUT2D eigenvalue weighted by Gasteiger charge is 2.17. The summed E-state index contributed by atoms with van der Waals surface area (Å²) in [6.07, 6.45) is 1.30. The van der Waals surface area contributed by atoms with Gasteiger partial charge in [-0.25, -0.2) is 3.11 Å². The molecular formula is C5H11IN2. The zero-order valence-corrected chi connectivity index (χ0v) is 7.18. The molecule has 0 bridgehead atoms. The normalized spacial score (nSPS) is 31.5. The molecule has 0 saturated carbocycles. The Morgan fingerprint density at radius 2 is 2.50 bits per heavy atom. The zero-order chi connectivity index (χ0) is 5.98. The molecule has 1 N–H and O–H groups in total. The minimum atomic E-state index is 0.742. The van der Waals surface area contributed by atoms with Crippen LogP contribution in [0.15, 0.2) is 0 Å². The van der Waals surface area contributed by atoms with E-state index in [1.807, 2.05) is 7.05 Å². The second-order valence-electron chi connectivity index (χ2n) is 2.14. The second-order valence-corrected chi connectivity index (χ2v) is 3.51. The molecule has 0 aromatic carbocycles. The van der Waals surface area contributed by atoms with Gasteiger partial charge in [-0.2, -0.15) is 0 Å². The lowest BCUT2D eigenvalue weighted by Crippen LogP contribution is -2.26. The quantitative estimate of drug-likeness (QED) is 0.521. The van der Waals surface area contributed by atoms with Gasteiger partial charge >= 0.3 is 0 Å². The van der Waals surface area contributed by atoms with E-state index in [4.69, 9.17) is 0 Å². The molecule has 48 valence electrons. The third-order valence-electron chi connectivity index (χ3n) is 1.55. The van der Waals surface area contributed by atoms with Crippen molar-refractivity contribution in [3.05, 3.63) is 0 Å². The Morgan fingerprint density at radius 3 is 2.75 bits per heavy atom. The first kappa shape index (κ1) is 6.77. The summed E-state index contributed by atoms with van der Waals surface area (Å²) in [6.45, 7) is 2.45. The summed E-state index contributed by atoms with van der Waals surface area (Å²) in [7, 11) is 2.03. The van der Waals surface area contributed by atoms with Crippen molar-refractivity contribution in [2.24, 2.45) is 0 Å². The summed E-state index contributed by atoms with van der Waals surface area (Å²) in [5.41, 5.74) is 0. The van der Waals surface area contributed by atoms with E-state index >= 15 is 0 Å². The summed E-state index contributed by atoms with van der Waals surface area (Å²) in [5, 5.41) is 3.25. The molecule has 0 aliphatic carbocycles. The van der Waals surface area contributed by atoms with E-state index in [2.05, 4.69) is 31.3 Å². The fourth-order valence-electron chi connectivity index (χ4n) is 0.953. The van der Waals surface area contributed by atoms with Crippen LogP contribution in [0, 0.1) is 0 Å². The molecule has 1 heterocycles. The molecule has 1 atom stereocenters. The van der Waals surface area contributed by atoms with Gasteiger partial charge in [0.1, 0.15) is 0 Å². The van der Waals surface area contributed by atoms with Crippen molar-refractivity contribution in [3.8, 4) is 0 Å². The smallest absolute Gasteiger partial charge is 0.0235 e. The van der Waals surface area contributed by atoms with E-state index in [0.717, 1.165) is 6.04 Å². The number of nitrogens with one attached hydrogen (secondary N) is 1. The first-order valence-electron chi connectivity index (χ1n) is 2.91. The summed E-state index contributed by atoms with van der Waals surface area (Å²) >= 11 is 2.36. The van der Waals surface area contributed by atoms with E-state index < -0.39 is 0 Å². The van der Waals surface area contributed by atoms with Gasteiger partial charge in [0.25, 0.3) is 0 Å². The van der Waals surface area contributed by atoms with E-state index in [9.17, 15) is 0 Å². The summed E-state index contributed by atoms with van der Waals surface area (Å²) in [6, 6.07) is 0.742. The lowest BCUT2D eigenvalue weighted by atomic mass is 10.3. The highest BCUT2D eigenvalue weighted by atomic mass is 127. The van der Waals surface area contributed by atoms with Crippen LogP contribution in [0.25, 0.3) is 0 Å². The predicted octanol–water partition coefficient (Wildman–Crippen LogP) is 0.630. The molecule has 0 spiro atoms. The molecule has 1 saturated heterocycles. The number of halogens is 1. The molecule has 1 aliphatic rings. The molecule has 0 amide bonds. The molecule has 0 unspecified atom stereocenters. The minimum absolute atomic E-state index is 0.742. The van der Waals surface area contributed by atoms with Gasteiger partial charge in [-0.1, -0.05) is 0 Å². The highest BCUT2D eigenvalue weighted by Crippen LogP contribution is 2.11. The maximum absolute atomic E-state index is 3.25. The van der Waals surface area contributed by atoms with Crippen LogP contribution in [-0.4, -0.2) is 29.3 Å². The van der Waals surface area contributed by atoms with E-state index in [0.29, 0.717) is 0 Å². The van der Waals surface area contributed by atoms with Crippen molar-refractivity contribution in [2.75, 3.05) is 20.1 Å². The van der Waals surface area contributed by atoms with Crippen molar-refractivity contribution in [1.29, 1.82) is 0 Å². The average Bonchev–Trinajstić information content (AvgIpc) is 2.14. The van der Waals surface area contributed by atoms with Gasteiger partial charge in [-0.3, -0.25) is 0 Å². The van der Waals surface area contributed by atoms with Gasteiger partial charge in [-0.15, -0.1) is 0 Å². The standard InChI is InChI=1S/C5H11IN2/c1-7-5-2-3-8(6)4-5/h5,7H,2-4H2,1H3/t5-/m0/s1. The molecule has 0 aromatic rings. The molecular weight excluding hydrogens is 215 g/mol. The lowest BCUT2D eigenvalue weighted by molar-refractivity contribution is 0.569. The number of hydrogen-bond donors (Lipinski definition) is 1. The van der Waals surface area contributed by atoms with E-state index in [1.165, 1.54) is 19.5 Å². The Kier molecular flexibility index (Phi) is 2.52. The van der Waals surface area contributed by atoms with Crippen molar-refractivity contribution in [2.45, 2.75) is 12.5 Å². The second kappa shape index (κ2) is 2.98. The van der Waals surface area contributed by atoms with Crippen LogP contribution in [0.5, 0.6) is 0 Å². The topological polar surface area (TPSA) is 15.3 Å². The van der Waals surface area contributed by atoms with Crippen LogP contribution in [0.4, 0.5) is 0 Å². The highest BCUT2D eigenvalue weighted by molar-refractivity contribution is 14.1. The molecule has 1 aliphatic heterocycles. The first-order chi connectivity index (χ1) is 3.83. The molecule has 3 heteroatoms. The van der Waals surface area contributed by atoms with Gasteiger partial charge in [0.2, 0.25) is 0 Å². The Balaban J connectivity index is 2.22. The van der Waals surface area contributed by atoms with Crippen molar-refractivity contribution in [1.82, 2.24) is 8.43 Å². The third kappa shape index (κ3) is 1.56. The van der Waals surface area contributed by atoms with Gasteiger partial charge < -0.3 is 5.32 Å². The average molecular weight is 226 g/mol. The van der Waals surface area contributed by atoms with E-state index in [1.54, 1.807) is 0 Å². The number of hydrogen-bond acceptors (Lipinski definition) is 2. The lowest BCUT2D eigenvalue weighted by Gasteiger charge is -2.05. The van der Waals surface area contributed by atoms with Gasteiger partial charge in [0, 0.05) is 42.0 Å². The largest absolute Gasteiger partial charge is 0.316 e. The van der Waals surface area contributed by atoms with Crippen molar-refractivity contribution < 1.29 is 0 Å². The Labute approximate surface area is 64.1 Å². The number of likely N-dealkylation sites (N-methyl/N-ethyl adjacent to an activating group) is 1. The molecule has 0 radical (unpaired) electrons. The van der Waals surface area contributed by atoms with Crippen LogP contribution in [0.3, 0.4) is 0 Å². The fourth-order valence-corrected chi connectivity index (χ4v) is 1.71. The van der Waals surface area contributed by atoms with E-state index in [-0.39, 0.29) is 0 Å². The van der Waals surface area contributed by atoms with Crippen molar-refractivity contribution >= 4 is 22.9 Å². The molecule has 1 rings (SSSR count). The Morgan fingerprint density at radius 1 is 1.75 bits per heavy atom. The summed E-state index contributed by atoms with van der Waals surface area (Å²) in [5.74, 6) is 0. The molecule has 8 heavy (non-hydrogen) atoms. The van der Waals surface area contributed by atoms with Crippen LogP contribution >= 0.6 is 22.9 Å². The van der Waals surface area contributed by atoms with Crippen LogP contribution < -0.4 is 5.32 Å². The molecule has 0 aromatic heterocycles. The maximum Gasteiger partial charge on any atom is 0.0235 e. The zero-order valence-electron chi connectivity index (χ0n) is 5.02. The monoisotopic (exact) mass is 226 g/mol. The molecule has 1 fully saturated rings. The van der Waals surface area contributed by atoms with Crippen LogP contribution in [0.1, 0.15) is 6.42 Å². The maximum atomic E-state index is 3.25. The number of rotatable bonds is 1. The number of nitrogens with zero attached hydrogens (tertiary/aromatic N) is 1. The van der Waals surface area contributed by atoms with Crippen molar-refractivity contribution in [3.63, 3.8) is 0 Å². The summed E-state index contributed by atoms with van der Waals surface area (Å²) in [4.78, 5) is 0. The SMILES string of the molecule is CN[C@H]1CCN(I)C1. The van der Waals surface area contributed by atoms with Gasteiger partial charge in [0.05, 0.1) is 0 Å². The first-order valence-corrected chi connectivity index (χ1v) is 3.87. The van der Waals surface area contributed by atoms with Gasteiger partial charge in [-0.05, 0) is 13.5 Å². The van der Waals surface area contributed by atoms with Gasteiger partial charge in [0.15, 0.2) is 0 Å². The van der Waals surface area contributed by atoms with Crippen LogP contribution in [0.2, 0.25) is 0 Å². The predicted molar refractivity (Wildman–Crippen MR) is 43.1 cm³/mol. The third-order valence-corrected chi connectivity index (χ3v) is 2.42. The molecule has 2 nitrogen and oxygen atoms in total. The Bertz CT molecular complexity index is 76.8. The minimum Gasteiger partial charge on any atom is -0.316 e. The van der Waals surface area contributed by atoms with Crippen LogP contribution in [-0.2, 0) is 0 Å².